The number of nitrogens with zero attached hydrogens (tertiary/aromatic N) is 4. The summed E-state index contributed by atoms with van der Waals surface area (Å²) in [7, 11) is 0. The lowest BCUT2D eigenvalue weighted by Gasteiger charge is -2.06. The predicted octanol–water partition coefficient (Wildman–Crippen LogP) is 3.15. The van der Waals surface area contributed by atoms with Crippen LogP contribution in [0.3, 0.4) is 0 Å². The van der Waals surface area contributed by atoms with Gasteiger partial charge in [0.25, 0.3) is 5.91 Å². The van der Waals surface area contributed by atoms with E-state index in [0.717, 1.165) is 10.2 Å². The molecule has 0 aliphatic heterocycles. The topological polar surface area (TPSA) is 74.0 Å². The number of hydrogen-bond donors (Lipinski definition) is 1. The van der Waals surface area contributed by atoms with Gasteiger partial charge in [0, 0.05) is 17.2 Å². The summed E-state index contributed by atoms with van der Waals surface area (Å²) in [5, 5.41) is 11.1. The normalized spacial score (nSPS) is 10.6. The highest BCUT2D eigenvalue weighted by Crippen LogP contribution is 2.16. The van der Waals surface area contributed by atoms with Gasteiger partial charge in [-0.1, -0.05) is 15.9 Å². The number of halogens is 1. The van der Waals surface area contributed by atoms with E-state index in [0.29, 0.717) is 17.9 Å². The Labute approximate surface area is 147 Å². The molecular weight excluding hydrogens is 374 g/mol. The lowest BCUT2D eigenvalue weighted by atomic mass is 10.3. The van der Waals surface area contributed by atoms with E-state index >= 15 is 0 Å². The van der Waals surface area contributed by atoms with Crippen LogP contribution in [0.2, 0.25) is 0 Å². The number of amides is 1. The number of anilines is 1. The second-order valence-electron chi connectivity index (χ2n) is 4.98. The second kappa shape index (κ2) is 7.31. The van der Waals surface area contributed by atoms with Crippen LogP contribution < -0.4 is 10.1 Å². The van der Waals surface area contributed by atoms with Gasteiger partial charge in [0.1, 0.15) is 11.4 Å². The van der Waals surface area contributed by atoms with Gasteiger partial charge in [0.15, 0.2) is 6.73 Å². The van der Waals surface area contributed by atoms with Crippen molar-refractivity contribution in [2.75, 3.05) is 5.32 Å². The summed E-state index contributed by atoms with van der Waals surface area (Å²) in [4.78, 5) is 12.2. The fourth-order valence-electron chi connectivity index (χ4n) is 2.14. The maximum atomic E-state index is 12.2. The predicted molar refractivity (Wildman–Crippen MR) is 92.9 cm³/mol. The Hall–Kier alpha value is -2.61. The van der Waals surface area contributed by atoms with Crippen molar-refractivity contribution in [1.82, 2.24) is 19.6 Å². The zero-order valence-electron chi connectivity index (χ0n) is 13.0. The van der Waals surface area contributed by atoms with Crippen molar-refractivity contribution < 1.29 is 9.53 Å². The minimum absolute atomic E-state index is 0.220. The molecule has 3 rings (SSSR count). The number of carbonyl (C=O) groups excluding carboxylic acids is 1. The van der Waals surface area contributed by atoms with Gasteiger partial charge in [-0.2, -0.15) is 10.2 Å². The van der Waals surface area contributed by atoms with E-state index in [1.165, 1.54) is 0 Å². The van der Waals surface area contributed by atoms with Crippen LogP contribution in [-0.2, 0) is 13.3 Å². The summed E-state index contributed by atoms with van der Waals surface area (Å²) in [5.41, 5.74) is 1.11. The highest BCUT2D eigenvalue weighted by Gasteiger charge is 2.12. The fraction of sp³-hybridized carbons (Fsp3) is 0.188. The van der Waals surface area contributed by atoms with Gasteiger partial charge < -0.3 is 10.1 Å². The van der Waals surface area contributed by atoms with Crippen LogP contribution in [-0.4, -0.2) is 25.5 Å². The number of ether oxygens (including phenoxy) is 1. The molecule has 124 valence electrons. The number of hydrogen-bond acceptors (Lipinski definition) is 4. The minimum atomic E-state index is -0.220. The molecule has 2 aromatic heterocycles. The molecule has 0 spiro atoms. The Kier molecular flexibility index (Phi) is 4.95. The van der Waals surface area contributed by atoms with Crippen LogP contribution in [0.5, 0.6) is 5.75 Å². The first-order valence-corrected chi connectivity index (χ1v) is 8.19. The molecule has 7 nitrogen and oxygen atoms in total. The second-order valence-corrected chi connectivity index (χ2v) is 5.90. The number of carbonyl (C=O) groups is 1. The Morgan fingerprint density at radius 3 is 2.79 bits per heavy atom. The zero-order valence-corrected chi connectivity index (χ0v) is 14.6. The van der Waals surface area contributed by atoms with Gasteiger partial charge in [-0.3, -0.25) is 9.48 Å². The number of nitrogens with one attached hydrogen (secondary N) is 1. The summed E-state index contributed by atoms with van der Waals surface area (Å²) in [6, 6.07) is 9.21. The maximum Gasteiger partial charge on any atom is 0.274 e. The number of aryl methyl sites for hydroxylation is 1. The van der Waals surface area contributed by atoms with Gasteiger partial charge in [0.2, 0.25) is 0 Å². The van der Waals surface area contributed by atoms with Crippen LogP contribution in [0.4, 0.5) is 5.69 Å². The van der Waals surface area contributed by atoms with E-state index in [9.17, 15) is 4.79 Å². The largest absolute Gasteiger partial charge is 0.471 e. The van der Waals surface area contributed by atoms with Crippen molar-refractivity contribution in [3.05, 3.63) is 59.1 Å². The van der Waals surface area contributed by atoms with Crippen molar-refractivity contribution in [2.45, 2.75) is 20.2 Å². The Balaban J connectivity index is 1.59. The first-order chi connectivity index (χ1) is 11.7. The van der Waals surface area contributed by atoms with E-state index in [4.69, 9.17) is 4.74 Å². The molecule has 0 atom stereocenters. The van der Waals surface area contributed by atoms with Crippen LogP contribution in [0, 0.1) is 0 Å². The Morgan fingerprint density at radius 1 is 1.25 bits per heavy atom. The first-order valence-electron chi connectivity index (χ1n) is 7.39. The molecule has 0 bridgehead atoms. The third-order valence-corrected chi connectivity index (χ3v) is 3.85. The molecule has 0 saturated heterocycles. The molecule has 3 aromatic rings. The van der Waals surface area contributed by atoms with Crippen LogP contribution in [0.25, 0.3) is 0 Å². The van der Waals surface area contributed by atoms with E-state index in [1.54, 1.807) is 34.0 Å². The highest BCUT2D eigenvalue weighted by molar-refractivity contribution is 9.10. The molecule has 1 aromatic carbocycles. The third kappa shape index (κ3) is 3.83. The molecule has 0 fully saturated rings. The molecule has 24 heavy (non-hydrogen) atoms. The smallest absolute Gasteiger partial charge is 0.274 e. The fourth-order valence-corrected chi connectivity index (χ4v) is 2.41. The Morgan fingerprint density at radius 2 is 2.04 bits per heavy atom. The molecule has 0 aliphatic carbocycles. The van der Waals surface area contributed by atoms with E-state index in [2.05, 4.69) is 31.4 Å². The maximum absolute atomic E-state index is 12.2. The molecule has 8 heteroatoms. The lowest BCUT2D eigenvalue weighted by molar-refractivity contribution is 0.101. The first kappa shape index (κ1) is 16.3. The van der Waals surface area contributed by atoms with Crippen molar-refractivity contribution in [2.24, 2.45) is 0 Å². The van der Waals surface area contributed by atoms with E-state index in [-0.39, 0.29) is 12.6 Å². The van der Waals surface area contributed by atoms with Crippen molar-refractivity contribution in [1.29, 1.82) is 0 Å². The minimum Gasteiger partial charge on any atom is -0.471 e. The quantitative estimate of drug-likeness (QED) is 0.702. The molecule has 1 amide bonds. The van der Waals surface area contributed by atoms with Gasteiger partial charge in [-0.15, -0.1) is 0 Å². The number of aromatic nitrogens is 4. The molecule has 0 saturated carbocycles. The SMILES string of the molecule is CCn1nccc1C(=O)Nc1cnn(COc2ccc(Br)cc2)c1. The van der Waals surface area contributed by atoms with Crippen LogP contribution in [0.1, 0.15) is 17.4 Å². The summed E-state index contributed by atoms with van der Waals surface area (Å²) in [5.74, 6) is 0.522. The molecule has 1 N–H and O–H groups in total. The van der Waals surface area contributed by atoms with E-state index in [1.807, 2.05) is 31.2 Å². The zero-order chi connectivity index (χ0) is 16.9. The monoisotopic (exact) mass is 389 g/mol. The van der Waals surface area contributed by atoms with Crippen LogP contribution in [0.15, 0.2) is 53.4 Å². The van der Waals surface area contributed by atoms with Gasteiger partial charge >= 0.3 is 0 Å². The third-order valence-electron chi connectivity index (χ3n) is 3.32. The van der Waals surface area contributed by atoms with Crippen molar-refractivity contribution >= 4 is 27.5 Å². The van der Waals surface area contributed by atoms with Crippen molar-refractivity contribution in [3.63, 3.8) is 0 Å². The number of benzene rings is 1. The molecule has 0 aliphatic rings. The van der Waals surface area contributed by atoms with Crippen molar-refractivity contribution in [3.8, 4) is 5.75 Å². The summed E-state index contributed by atoms with van der Waals surface area (Å²) in [6.45, 7) is 2.82. The van der Waals surface area contributed by atoms with Gasteiger partial charge in [-0.25, -0.2) is 4.68 Å². The summed E-state index contributed by atoms with van der Waals surface area (Å²) < 4.78 is 9.86. The summed E-state index contributed by atoms with van der Waals surface area (Å²) >= 11 is 3.37. The standard InChI is InChI=1S/C16H16BrN5O2/c1-2-22-15(7-8-18-22)16(23)20-13-9-19-21(10-13)11-24-14-5-3-12(17)4-6-14/h3-10H,2,11H2,1H3,(H,20,23). The van der Waals surface area contributed by atoms with Gasteiger partial charge in [-0.05, 0) is 37.3 Å². The molecule has 0 radical (unpaired) electrons. The lowest BCUT2D eigenvalue weighted by Crippen LogP contribution is -2.17. The number of rotatable bonds is 6. The molecule has 0 unspecified atom stereocenters. The molecule has 2 heterocycles. The Bertz CT molecular complexity index is 825. The average molecular weight is 390 g/mol. The summed E-state index contributed by atoms with van der Waals surface area (Å²) in [6.07, 6.45) is 4.90. The van der Waals surface area contributed by atoms with Crippen LogP contribution >= 0.6 is 15.9 Å². The highest BCUT2D eigenvalue weighted by atomic mass is 79.9. The van der Waals surface area contributed by atoms with E-state index < -0.39 is 0 Å². The molecular formula is C16H16BrN5O2. The average Bonchev–Trinajstić information content (AvgIpc) is 3.23. The van der Waals surface area contributed by atoms with Gasteiger partial charge in [0.05, 0.1) is 18.1 Å².